The molecule has 3 N–H and O–H groups in total. The van der Waals surface area contributed by atoms with Gasteiger partial charge in [-0.15, -0.1) is 12.4 Å². The van der Waals surface area contributed by atoms with Crippen LogP contribution in [0, 0.1) is 0 Å². The van der Waals surface area contributed by atoms with Crippen LogP contribution >= 0.6 is 12.4 Å². The maximum atomic E-state index is 12.3. The Morgan fingerprint density at radius 2 is 2.00 bits per heavy atom. The van der Waals surface area contributed by atoms with Crippen molar-refractivity contribution in [1.82, 2.24) is 10.2 Å². The Labute approximate surface area is 158 Å². The van der Waals surface area contributed by atoms with E-state index in [1.54, 1.807) is 0 Å². The van der Waals surface area contributed by atoms with Crippen LogP contribution in [0.3, 0.4) is 0 Å². The minimum absolute atomic E-state index is 0. The Balaban J connectivity index is 0.00000312. The van der Waals surface area contributed by atoms with Crippen molar-refractivity contribution in [3.63, 3.8) is 0 Å². The summed E-state index contributed by atoms with van der Waals surface area (Å²) in [5.74, 6) is -0.0644. The Morgan fingerprint density at radius 3 is 2.64 bits per heavy atom. The van der Waals surface area contributed by atoms with Crippen LogP contribution in [0.4, 0.5) is 0 Å². The molecule has 2 unspecified atom stereocenters. The number of rotatable bonds is 7. The molecule has 1 aliphatic heterocycles. The lowest BCUT2D eigenvalue weighted by atomic mass is 9.96. The van der Waals surface area contributed by atoms with Crippen molar-refractivity contribution in [1.29, 1.82) is 0 Å². The zero-order valence-corrected chi connectivity index (χ0v) is 16.7. The summed E-state index contributed by atoms with van der Waals surface area (Å²) < 4.78 is 0. The summed E-state index contributed by atoms with van der Waals surface area (Å²) in [4.78, 5) is 14.9. The number of hydrogen-bond acceptors (Lipinski definition) is 3. The van der Waals surface area contributed by atoms with Gasteiger partial charge in [-0.05, 0) is 50.8 Å². The molecule has 1 amide bonds. The SMILES string of the molecule is CCCC(C)(N)C(=O)NCc1ccccc1CN1CCCCC1C.Cl. The van der Waals surface area contributed by atoms with Gasteiger partial charge in [-0.3, -0.25) is 9.69 Å². The Hall–Kier alpha value is -1.10. The number of likely N-dealkylation sites (tertiary alicyclic amines) is 1. The van der Waals surface area contributed by atoms with E-state index in [4.69, 9.17) is 5.73 Å². The number of carbonyl (C=O) groups excluding carboxylic acids is 1. The molecule has 0 aliphatic carbocycles. The highest BCUT2D eigenvalue weighted by molar-refractivity contribution is 5.85. The third-order valence-corrected chi connectivity index (χ3v) is 5.16. The highest BCUT2D eigenvalue weighted by Crippen LogP contribution is 2.21. The molecule has 1 aliphatic rings. The van der Waals surface area contributed by atoms with E-state index in [-0.39, 0.29) is 18.3 Å². The van der Waals surface area contributed by atoms with Crippen LogP contribution in [-0.4, -0.2) is 28.9 Å². The van der Waals surface area contributed by atoms with Crippen LogP contribution in [0.2, 0.25) is 0 Å². The van der Waals surface area contributed by atoms with Gasteiger partial charge < -0.3 is 11.1 Å². The highest BCUT2D eigenvalue weighted by atomic mass is 35.5. The van der Waals surface area contributed by atoms with E-state index in [2.05, 4.69) is 35.3 Å². The van der Waals surface area contributed by atoms with Gasteiger partial charge in [0.05, 0.1) is 5.54 Å². The summed E-state index contributed by atoms with van der Waals surface area (Å²) in [6.07, 6.45) is 5.50. The number of halogens is 1. The van der Waals surface area contributed by atoms with Crippen molar-refractivity contribution in [2.24, 2.45) is 5.73 Å². The molecule has 0 saturated carbocycles. The lowest BCUT2D eigenvalue weighted by molar-refractivity contribution is -0.126. The highest BCUT2D eigenvalue weighted by Gasteiger charge is 2.27. The predicted octanol–water partition coefficient (Wildman–Crippen LogP) is 3.62. The summed E-state index contributed by atoms with van der Waals surface area (Å²) in [5.41, 5.74) is 7.83. The lowest BCUT2D eigenvalue weighted by Crippen LogP contribution is -2.51. The first kappa shape index (κ1) is 21.9. The maximum Gasteiger partial charge on any atom is 0.240 e. The molecule has 1 aromatic rings. The van der Waals surface area contributed by atoms with E-state index in [1.165, 1.54) is 36.9 Å². The second-order valence-electron chi connectivity index (χ2n) is 7.43. The first-order valence-electron chi connectivity index (χ1n) is 9.32. The molecule has 2 rings (SSSR count). The van der Waals surface area contributed by atoms with Crippen LogP contribution in [0.5, 0.6) is 0 Å². The Morgan fingerprint density at radius 1 is 1.32 bits per heavy atom. The largest absolute Gasteiger partial charge is 0.350 e. The van der Waals surface area contributed by atoms with Crippen LogP contribution in [0.1, 0.15) is 64.0 Å². The Bertz CT molecular complexity index is 547. The average Bonchev–Trinajstić information content (AvgIpc) is 2.55. The summed E-state index contributed by atoms with van der Waals surface area (Å²) in [7, 11) is 0. The van der Waals surface area contributed by atoms with Gasteiger partial charge >= 0.3 is 0 Å². The van der Waals surface area contributed by atoms with E-state index in [0.717, 1.165) is 13.0 Å². The predicted molar refractivity (Wildman–Crippen MR) is 107 cm³/mol. The summed E-state index contributed by atoms with van der Waals surface area (Å²) in [6, 6.07) is 9.05. The van der Waals surface area contributed by atoms with E-state index in [9.17, 15) is 4.79 Å². The zero-order valence-electron chi connectivity index (χ0n) is 15.9. The van der Waals surface area contributed by atoms with Gasteiger partial charge in [-0.1, -0.05) is 44.0 Å². The van der Waals surface area contributed by atoms with Crippen molar-refractivity contribution in [3.05, 3.63) is 35.4 Å². The van der Waals surface area contributed by atoms with E-state index in [0.29, 0.717) is 19.0 Å². The van der Waals surface area contributed by atoms with Crippen LogP contribution in [0.15, 0.2) is 24.3 Å². The minimum atomic E-state index is -0.787. The standard InChI is InChI=1S/C20H33N3O.ClH/c1-4-12-20(3,21)19(24)22-14-17-10-5-6-11-18(17)15-23-13-8-7-9-16(23)2;/h5-6,10-11,16H,4,7-9,12-15,21H2,1-3H3,(H,22,24);1H. The van der Waals surface area contributed by atoms with E-state index in [1.807, 2.05) is 19.9 Å². The third kappa shape index (κ3) is 6.28. The maximum absolute atomic E-state index is 12.3. The van der Waals surface area contributed by atoms with Gasteiger partial charge in [-0.25, -0.2) is 0 Å². The fourth-order valence-electron chi connectivity index (χ4n) is 3.51. The van der Waals surface area contributed by atoms with E-state index < -0.39 is 5.54 Å². The van der Waals surface area contributed by atoms with Crippen molar-refractivity contribution in [2.45, 2.75) is 77.5 Å². The van der Waals surface area contributed by atoms with Gasteiger partial charge in [0, 0.05) is 19.1 Å². The minimum Gasteiger partial charge on any atom is -0.350 e. The fraction of sp³-hybridized carbons (Fsp3) is 0.650. The monoisotopic (exact) mass is 367 g/mol. The summed E-state index contributed by atoms with van der Waals surface area (Å²) in [5, 5.41) is 3.03. The number of nitrogens with zero attached hydrogens (tertiary/aromatic N) is 1. The summed E-state index contributed by atoms with van der Waals surface area (Å²) in [6.45, 7) is 8.85. The molecule has 2 atom stereocenters. The zero-order chi connectivity index (χ0) is 17.6. The second kappa shape index (κ2) is 10.1. The molecule has 1 saturated heterocycles. The van der Waals surface area contributed by atoms with Gasteiger partial charge in [0.1, 0.15) is 0 Å². The van der Waals surface area contributed by atoms with Crippen LogP contribution in [-0.2, 0) is 17.9 Å². The molecule has 5 heteroatoms. The van der Waals surface area contributed by atoms with Crippen molar-refractivity contribution < 1.29 is 4.79 Å². The van der Waals surface area contributed by atoms with Crippen LogP contribution in [0.25, 0.3) is 0 Å². The molecule has 1 heterocycles. The first-order valence-corrected chi connectivity index (χ1v) is 9.32. The number of piperidine rings is 1. The molecular weight excluding hydrogens is 334 g/mol. The number of carbonyl (C=O) groups is 1. The molecule has 142 valence electrons. The molecule has 0 radical (unpaired) electrons. The average molecular weight is 368 g/mol. The summed E-state index contributed by atoms with van der Waals surface area (Å²) >= 11 is 0. The molecular formula is C20H34ClN3O. The number of amides is 1. The van der Waals surface area contributed by atoms with Gasteiger partial charge in [0.15, 0.2) is 0 Å². The van der Waals surface area contributed by atoms with Crippen molar-refractivity contribution in [2.75, 3.05) is 6.54 Å². The molecule has 25 heavy (non-hydrogen) atoms. The molecule has 1 aromatic carbocycles. The number of hydrogen-bond donors (Lipinski definition) is 2. The fourth-order valence-corrected chi connectivity index (χ4v) is 3.51. The van der Waals surface area contributed by atoms with Crippen molar-refractivity contribution in [3.8, 4) is 0 Å². The van der Waals surface area contributed by atoms with Crippen molar-refractivity contribution >= 4 is 18.3 Å². The topological polar surface area (TPSA) is 58.4 Å². The molecule has 4 nitrogen and oxygen atoms in total. The third-order valence-electron chi connectivity index (χ3n) is 5.16. The molecule has 0 aromatic heterocycles. The molecule has 1 fully saturated rings. The second-order valence-corrected chi connectivity index (χ2v) is 7.43. The normalized spacial score (nSPS) is 20.4. The van der Waals surface area contributed by atoms with Gasteiger partial charge in [0.25, 0.3) is 0 Å². The lowest BCUT2D eigenvalue weighted by Gasteiger charge is -2.34. The number of benzene rings is 1. The van der Waals surface area contributed by atoms with Gasteiger partial charge in [-0.2, -0.15) is 0 Å². The quantitative estimate of drug-likeness (QED) is 0.773. The smallest absolute Gasteiger partial charge is 0.240 e. The first-order chi connectivity index (χ1) is 11.4. The van der Waals surface area contributed by atoms with Crippen LogP contribution < -0.4 is 11.1 Å². The Kier molecular flexibility index (Phi) is 8.91. The van der Waals surface area contributed by atoms with E-state index >= 15 is 0 Å². The molecule has 0 spiro atoms. The van der Waals surface area contributed by atoms with Gasteiger partial charge in [0.2, 0.25) is 5.91 Å². The molecule has 0 bridgehead atoms. The number of nitrogens with two attached hydrogens (primary N) is 1. The number of nitrogens with one attached hydrogen (secondary N) is 1.